The number of hydrogen-bond acceptors (Lipinski definition) is 5. The Kier molecular flexibility index (Phi) is 4.40. The summed E-state index contributed by atoms with van der Waals surface area (Å²) in [4.78, 5) is 20.1. The molecule has 1 aliphatic heterocycles. The molecule has 5 nitrogen and oxygen atoms in total. The number of rotatable bonds is 3. The van der Waals surface area contributed by atoms with Crippen LogP contribution in [0.1, 0.15) is 15.9 Å². The van der Waals surface area contributed by atoms with Gasteiger partial charge in [-0.15, -0.1) is 11.3 Å². The number of aryl methyl sites for hydroxylation is 1. The number of thiophene rings is 1. The molecule has 0 saturated carbocycles. The number of carbonyl (C=O) groups excluding carboxylic acids is 1. The average Bonchev–Trinajstić information content (AvgIpc) is 3.01. The predicted octanol–water partition coefficient (Wildman–Crippen LogP) is 2.31. The summed E-state index contributed by atoms with van der Waals surface area (Å²) in [7, 11) is 1.64. The van der Waals surface area contributed by atoms with Gasteiger partial charge in [0.05, 0.1) is 29.3 Å². The first-order valence-electron chi connectivity index (χ1n) is 7.30. The molecule has 22 heavy (non-hydrogen) atoms. The molecular weight excluding hydrogens is 298 g/mol. The summed E-state index contributed by atoms with van der Waals surface area (Å²) in [5, 5.41) is 4.80. The van der Waals surface area contributed by atoms with Crippen molar-refractivity contribution in [3.05, 3.63) is 34.7 Å². The molecule has 1 N–H and O–H groups in total. The largest absolute Gasteiger partial charge is 0.378 e. The third-order valence-corrected chi connectivity index (χ3v) is 4.71. The molecule has 0 aromatic carbocycles. The summed E-state index contributed by atoms with van der Waals surface area (Å²) in [6.45, 7) is 4.91. The van der Waals surface area contributed by atoms with Crippen molar-refractivity contribution in [2.24, 2.45) is 0 Å². The lowest BCUT2D eigenvalue weighted by molar-refractivity contribution is 0.0961. The first-order chi connectivity index (χ1) is 10.7. The maximum absolute atomic E-state index is 12.1. The van der Waals surface area contributed by atoms with E-state index in [0.717, 1.165) is 29.5 Å². The van der Waals surface area contributed by atoms with Crippen LogP contribution in [0, 0.1) is 6.92 Å². The highest BCUT2D eigenvalue weighted by molar-refractivity contribution is 7.13. The molecule has 6 heteroatoms. The number of anilines is 1. The van der Waals surface area contributed by atoms with Crippen molar-refractivity contribution in [1.29, 1.82) is 0 Å². The monoisotopic (exact) mass is 317 g/mol. The van der Waals surface area contributed by atoms with Gasteiger partial charge in [-0.25, -0.2) is 4.98 Å². The van der Waals surface area contributed by atoms with Crippen LogP contribution in [0.5, 0.6) is 0 Å². The quantitative estimate of drug-likeness (QED) is 0.944. The third kappa shape index (κ3) is 2.98. The van der Waals surface area contributed by atoms with Gasteiger partial charge in [-0.05, 0) is 36.1 Å². The average molecular weight is 317 g/mol. The van der Waals surface area contributed by atoms with E-state index in [1.807, 2.05) is 12.1 Å². The summed E-state index contributed by atoms with van der Waals surface area (Å²) in [5.41, 5.74) is 2.75. The minimum atomic E-state index is -0.108. The second-order valence-electron chi connectivity index (χ2n) is 5.23. The van der Waals surface area contributed by atoms with Gasteiger partial charge in [0, 0.05) is 20.1 Å². The van der Waals surface area contributed by atoms with E-state index in [-0.39, 0.29) is 5.91 Å². The molecule has 0 unspecified atom stereocenters. The van der Waals surface area contributed by atoms with Crippen LogP contribution in [0.3, 0.4) is 0 Å². The van der Waals surface area contributed by atoms with Crippen molar-refractivity contribution in [3.63, 3.8) is 0 Å². The molecule has 2 aromatic heterocycles. The maximum Gasteiger partial charge on any atom is 0.254 e. The van der Waals surface area contributed by atoms with Gasteiger partial charge < -0.3 is 15.0 Å². The van der Waals surface area contributed by atoms with Crippen molar-refractivity contribution in [2.45, 2.75) is 6.92 Å². The summed E-state index contributed by atoms with van der Waals surface area (Å²) < 4.78 is 5.40. The fraction of sp³-hybridized carbons (Fsp3) is 0.375. The lowest BCUT2D eigenvalue weighted by Gasteiger charge is -2.29. The Morgan fingerprint density at radius 3 is 2.77 bits per heavy atom. The second kappa shape index (κ2) is 6.46. The zero-order valence-corrected chi connectivity index (χ0v) is 13.6. The van der Waals surface area contributed by atoms with Crippen molar-refractivity contribution >= 4 is 23.1 Å². The van der Waals surface area contributed by atoms with Crippen LogP contribution < -0.4 is 10.2 Å². The highest BCUT2D eigenvalue weighted by Gasteiger charge is 2.21. The summed E-state index contributed by atoms with van der Waals surface area (Å²) in [5.74, 6) is 0.633. The van der Waals surface area contributed by atoms with Crippen LogP contribution in [-0.2, 0) is 4.74 Å². The number of aromatic nitrogens is 1. The minimum Gasteiger partial charge on any atom is -0.378 e. The molecule has 116 valence electrons. The van der Waals surface area contributed by atoms with E-state index < -0.39 is 0 Å². The molecule has 1 aliphatic rings. The SMILES string of the molecule is CNC(=O)c1ccc(-c2cc(C)cs2)nc1N1CCOCC1. The molecule has 1 amide bonds. The van der Waals surface area contributed by atoms with E-state index in [1.165, 1.54) is 5.56 Å². The predicted molar refractivity (Wildman–Crippen MR) is 88.7 cm³/mol. The van der Waals surface area contributed by atoms with Crippen LogP contribution in [-0.4, -0.2) is 44.2 Å². The highest BCUT2D eigenvalue weighted by atomic mass is 32.1. The van der Waals surface area contributed by atoms with Gasteiger partial charge in [0.15, 0.2) is 0 Å². The molecule has 0 radical (unpaired) electrons. The molecule has 0 atom stereocenters. The van der Waals surface area contributed by atoms with Gasteiger partial charge in [-0.1, -0.05) is 0 Å². The first-order valence-corrected chi connectivity index (χ1v) is 8.18. The van der Waals surface area contributed by atoms with Crippen LogP contribution in [0.25, 0.3) is 10.6 Å². The van der Waals surface area contributed by atoms with Crippen molar-refractivity contribution in [1.82, 2.24) is 10.3 Å². The van der Waals surface area contributed by atoms with Gasteiger partial charge in [-0.3, -0.25) is 4.79 Å². The number of ether oxygens (including phenoxy) is 1. The van der Waals surface area contributed by atoms with Crippen LogP contribution in [0.15, 0.2) is 23.6 Å². The number of hydrogen-bond donors (Lipinski definition) is 1. The third-order valence-electron chi connectivity index (χ3n) is 3.64. The van der Waals surface area contributed by atoms with E-state index in [4.69, 9.17) is 9.72 Å². The Morgan fingerprint density at radius 2 is 2.14 bits per heavy atom. The van der Waals surface area contributed by atoms with E-state index in [0.29, 0.717) is 18.8 Å². The molecule has 0 spiro atoms. The van der Waals surface area contributed by atoms with Gasteiger partial charge in [0.2, 0.25) is 0 Å². The van der Waals surface area contributed by atoms with E-state index in [9.17, 15) is 4.79 Å². The Morgan fingerprint density at radius 1 is 1.36 bits per heavy atom. The van der Waals surface area contributed by atoms with Crippen molar-refractivity contribution in [3.8, 4) is 10.6 Å². The van der Waals surface area contributed by atoms with Crippen LogP contribution in [0.4, 0.5) is 5.82 Å². The Hall–Kier alpha value is -1.92. The minimum absolute atomic E-state index is 0.108. The van der Waals surface area contributed by atoms with Gasteiger partial charge in [0.1, 0.15) is 5.82 Å². The standard InChI is InChI=1S/C16H19N3O2S/c1-11-9-14(22-10-11)13-4-3-12(16(20)17-2)15(18-13)19-5-7-21-8-6-19/h3-4,9-10H,5-8H2,1-2H3,(H,17,20). The highest BCUT2D eigenvalue weighted by Crippen LogP contribution is 2.29. The number of amides is 1. The molecule has 3 rings (SSSR count). The second-order valence-corrected chi connectivity index (χ2v) is 6.15. The molecule has 3 heterocycles. The normalized spacial score (nSPS) is 14.9. The number of nitrogens with zero attached hydrogens (tertiary/aromatic N) is 2. The molecule has 0 bridgehead atoms. The zero-order valence-electron chi connectivity index (χ0n) is 12.8. The lowest BCUT2D eigenvalue weighted by atomic mass is 10.1. The van der Waals surface area contributed by atoms with Crippen molar-refractivity contribution in [2.75, 3.05) is 38.3 Å². The molecule has 0 aliphatic carbocycles. The smallest absolute Gasteiger partial charge is 0.254 e. The number of carbonyl (C=O) groups is 1. The Labute approximate surface area is 133 Å². The molecule has 2 aromatic rings. The zero-order chi connectivity index (χ0) is 15.5. The molecular formula is C16H19N3O2S. The Balaban J connectivity index is 2.03. The van der Waals surface area contributed by atoms with Crippen molar-refractivity contribution < 1.29 is 9.53 Å². The molecule has 1 saturated heterocycles. The first kappa shape index (κ1) is 15.0. The number of morpholine rings is 1. The van der Waals surface area contributed by atoms with Crippen LogP contribution >= 0.6 is 11.3 Å². The summed E-state index contributed by atoms with van der Waals surface area (Å²) >= 11 is 1.67. The summed E-state index contributed by atoms with van der Waals surface area (Å²) in [6.07, 6.45) is 0. The van der Waals surface area contributed by atoms with Gasteiger partial charge >= 0.3 is 0 Å². The fourth-order valence-electron chi connectivity index (χ4n) is 2.48. The number of nitrogens with one attached hydrogen (secondary N) is 1. The van der Waals surface area contributed by atoms with Crippen LogP contribution in [0.2, 0.25) is 0 Å². The summed E-state index contributed by atoms with van der Waals surface area (Å²) in [6, 6.07) is 5.90. The Bertz CT molecular complexity index is 678. The van der Waals surface area contributed by atoms with E-state index in [1.54, 1.807) is 18.4 Å². The maximum atomic E-state index is 12.1. The fourth-order valence-corrected chi connectivity index (χ4v) is 3.35. The molecule has 1 fully saturated rings. The lowest BCUT2D eigenvalue weighted by Crippen LogP contribution is -2.38. The van der Waals surface area contributed by atoms with Gasteiger partial charge in [-0.2, -0.15) is 0 Å². The number of pyridine rings is 1. The van der Waals surface area contributed by atoms with E-state index in [2.05, 4.69) is 28.6 Å². The van der Waals surface area contributed by atoms with Gasteiger partial charge in [0.25, 0.3) is 5.91 Å². The topological polar surface area (TPSA) is 54.5 Å². The van der Waals surface area contributed by atoms with E-state index >= 15 is 0 Å².